The molecule has 6 nitrogen and oxygen atoms in total. The second-order valence-electron chi connectivity index (χ2n) is 4.83. The predicted molar refractivity (Wildman–Crippen MR) is 77.8 cm³/mol. The van der Waals surface area contributed by atoms with Gasteiger partial charge in [-0.25, -0.2) is 0 Å². The van der Waals surface area contributed by atoms with Crippen LogP contribution in [0.3, 0.4) is 0 Å². The number of rotatable bonds is 6. The van der Waals surface area contributed by atoms with Gasteiger partial charge in [0.2, 0.25) is 5.91 Å². The fraction of sp³-hybridized carbons (Fsp3) is 0.500. The number of benzene rings is 1. The highest BCUT2D eigenvalue weighted by molar-refractivity contribution is 7.54. The van der Waals surface area contributed by atoms with Crippen molar-refractivity contribution < 1.29 is 23.5 Å². The van der Waals surface area contributed by atoms with Gasteiger partial charge in [-0.15, -0.1) is 0 Å². The van der Waals surface area contributed by atoms with Crippen LogP contribution in [0.1, 0.15) is 24.4 Å². The van der Waals surface area contributed by atoms with E-state index in [0.29, 0.717) is 6.42 Å². The number of amides is 1. The van der Waals surface area contributed by atoms with Crippen LogP contribution in [0.25, 0.3) is 0 Å². The van der Waals surface area contributed by atoms with Crippen LogP contribution in [0.15, 0.2) is 30.3 Å². The van der Waals surface area contributed by atoms with Gasteiger partial charge in [-0.3, -0.25) is 9.36 Å². The van der Waals surface area contributed by atoms with Gasteiger partial charge in [-0.1, -0.05) is 30.3 Å². The van der Waals surface area contributed by atoms with Crippen LogP contribution in [-0.2, 0) is 18.4 Å². The lowest BCUT2D eigenvalue weighted by molar-refractivity contribution is -0.131. The molecule has 1 fully saturated rings. The van der Waals surface area contributed by atoms with E-state index >= 15 is 0 Å². The van der Waals surface area contributed by atoms with E-state index in [1.165, 1.54) is 19.1 Å². The minimum atomic E-state index is -3.42. The lowest BCUT2D eigenvalue weighted by atomic mass is 10.1. The average molecular weight is 313 g/mol. The van der Waals surface area contributed by atoms with E-state index < -0.39 is 19.4 Å². The van der Waals surface area contributed by atoms with Crippen LogP contribution in [0.2, 0.25) is 0 Å². The molecule has 116 valence electrons. The fourth-order valence-corrected chi connectivity index (χ4v) is 4.40. The summed E-state index contributed by atoms with van der Waals surface area (Å²) in [5.74, 6) is -0.824. The Balaban J connectivity index is 2.38. The largest absolute Gasteiger partial charge is 0.394 e. The molecule has 1 N–H and O–H groups in total. The van der Waals surface area contributed by atoms with Crippen molar-refractivity contribution in [1.29, 1.82) is 0 Å². The number of aliphatic hydroxyl groups excluding tert-OH is 1. The van der Waals surface area contributed by atoms with Gasteiger partial charge in [0.1, 0.15) is 5.78 Å². The van der Waals surface area contributed by atoms with Crippen LogP contribution < -0.4 is 0 Å². The summed E-state index contributed by atoms with van der Waals surface area (Å²) in [5, 5.41) is 9.72. The minimum absolute atomic E-state index is 0.155. The van der Waals surface area contributed by atoms with Crippen LogP contribution in [-0.4, -0.2) is 42.5 Å². The van der Waals surface area contributed by atoms with Crippen molar-refractivity contribution in [3.63, 3.8) is 0 Å². The van der Waals surface area contributed by atoms with Gasteiger partial charge in [0.05, 0.1) is 12.6 Å². The van der Waals surface area contributed by atoms with Crippen LogP contribution in [0, 0.1) is 0 Å². The summed E-state index contributed by atoms with van der Waals surface area (Å²) in [4.78, 5) is 13.7. The molecule has 1 saturated heterocycles. The van der Waals surface area contributed by atoms with Crippen molar-refractivity contribution in [2.75, 3.05) is 20.8 Å². The Hall–Kier alpha value is -1.20. The Kier molecular flexibility index (Phi) is 5.17. The Morgan fingerprint density at radius 2 is 1.95 bits per heavy atom. The van der Waals surface area contributed by atoms with Crippen LogP contribution >= 0.6 is 7.60 Å². The molecule has 1 aromatic rings. The summed E-state index contributed by atoms with van der Waals surface area (Å²) in [6.45, 7) is -0.250. The molecule has 1 heterocycles. The smallest absolute Gasteiger partial charge is 0.352 e. The normalized spacial score (nSPS) is 20.8. The zero-order valence-corrected chi connectivity index (χ0v) is 13.0. The van der Waals surface area contributed by atoms with E-state index in [2.05, 4.69) is 0 Å². The number of hydrogen-bond acceptors (Lipinski definition) is 5. The third-order valence-electron chi connectivity index (χ3n) is 3.79. The number of aliphatic hydroxyl groups is 1. The SMILES string of the molecule is COP(=O)(OC)C1CCC(=O)N1C(CO)c1ccccc1. The van der Waals surface area contributed by atoms with E-state index in [-0.39, 0.29) is 18.9 Å². The van der Waals surface area contributed by atoms with E-state index in [4.69, 9.17) is 9.05 Å². The molecular formula is C14H20NO5P. The molecule has 2 rings (SSSR count). The minimum Gasteiger partial charge on any atom is -0.394 e. The van der Waals surface area contributed by atoms with Crippen LogP contribution in [0.4, 0.5) is 0 Å². The molecule has 2 unspecified atom stereocenters. The lowest BCUT2D eigenvalue weighted by Crippen LogP contribution is -2.38. The number of likely N-dealkylation sites (tertiary alicyclic amines) is 1. The summed E-state index contributed by atoms with van der Waals surface area (Å²) in [7, 11) is -0.801. The van der Waals surface area contributed by atoms with E-state index in [0.717, 1.165) is 5.56 Å². The Labute approximate surface area is 124 Å². The first-order chi connectivity index (χ1) is 10.1. The molecule has 1 aliphatic heterocycles. The van der Waals surface area contributed by atoms with Crippen molar-refractivity contribution in [3.05, 3.63) is 35.9 Å². The zero-order valence-electron chi connectivity index (χ0n) is 12.1. The van der Waals surface area contributed by atoms with E-state index in [1.54, 1.807) is 0 Å². The van der Waals surface area contributed by atoms with Gasteiger partial charge in [0, 0.05) is 20.6 Å². The molecule has 1 aromatic carbocycles. The monoisotopic (exact) mass is 313 g/mol. The summed E-state index contributed by atoms with van der Waals surface area (Å²) in [5.41, 5.74) is 0.791. The quantitative estimate of drug-likeness (QED) is 0.814. The first kappa shape index (κ1) is 16.2. The van der Waals surface area contributed by atoms with Crippen molar-refractivity contribution in [2.45, 2.75) is 24.7 Å². The number of hydrogen-bond donors (Lipinski definition) is 1. The molecule has 0 aromatic heterocycles. The molecule has 21 heavy (non-hydrogen) atoms. The number of carbonyl (C=O) groups excluding carboxylic acids is 1. The topological polar surface area (TPSA) is 76.1 Å². The van der Waals surface area contributed by atoms with Crippen molar-refractivity contribution in [2.24, 2.45) is 0 Å². The molecule has 0 saturated carbocycles. The molecule has 7 heteroatoms. The van der Waals surface area contributed by atoms with Crippen molar-refractivity contribution >= 4 is 13.5 Å². The maximum Gasteiger partial charge on any atom is 0.352 e. The van der Waals surface area contributed by atoms with Gasteiger partial charge in [0.25, 0.3) is 0 Å². The highest BCUT2D eigenvalue weighted by atomic mass is 31.2. The molecule has 0 radical (unpaired) electrons. The van der Waals surface area contributed by atoms with Gasteiger partial charge in [-0.05, 0) is 12.0 Å². The maximum atomic E-state index is 12.6. The maximum absolute atomic E-state index is 12.6. The lowest BCUT2D eigenvalue weighted by Gasteiger charge is -2.34. The highest BCUT2D eigenvalue weighted by Crippen LogP contribution is 2.57. The summed E-state index contributed by atoms with van der Waals surface area (Å²) >= 11 is 0. The highest BCUT2D eigenvalue weighted by Gasteiger charge is 2.47. The first-order valence-corrected chi connectivity index (χ1v) is 8.36. The molecule has 0 aliphatic carbocycles. The van der Waals surface area contributed by atoms with Gasteiger partial charge in [0.15, 0.2) is 0 Å². The predicted octanol–water partition coefficient (Wildman–Crippen LogP) is 2.15. The third-order valence-corrected chi connectivity index (χ3v) is 6.05. The second kappa shape index (κ2) is 6.71. The standard InChI is InChI=1S/C14H20NO5P/c1-19-21(18,20-2)14-9-8-13(17)15(14)12(10-16)11-6-4-3-5-7-11/h3-7,12,14,16H,8-10H2,1-2H3. The van der Waals surface area contributed by atoms with E-state index in [1.807, 2.05) is 30.3 Å². The summed E-state index contributed by atoms with van der Waals surface area (Å²) in [6, 6.07) is 8.63. The van der Waals surface area contributed by atoms with Crippen molar-refractivity contribution in [1.82, 2.24) is 4.90 Å². The Morgan fingerprint density at radius 3 is 2.48 bits per heavy atom. The zero-order chi connectivity index (χ0) is 15.5. The number of nitrogens with zero attached hydrogens (tertiary/aromatic N) is 1. The average Bonchev–Trinajstić information content (AvgIpc) is 2.91. The Morgan fingerprint density at radius 1 is 1.33 bits per heavy atom. The van der Waals surface area contributed by atoms with Gasteiger partial charge < -0.3 is 19.1 Å². The molecule has 1 aliphatic rings. The number of carbonyl (C=O) groups is 1. The summed E-state index contributed by atoms with van der Waals surface area (Å²) < 4.78 is 22.7. The molecular weight excluding hydrogens is 293 g/mol. The molecule has 2 atom stereocenters. The van der Waals surface area contributed by atoms with Crippen LogP contribution in [0.5, 0.6) is 0 Å². The van der Waals surface area contributed by atoms with Gasteiger partial charge in [-0.2, -0.15) is 0 Å². The second-order valence-corrected chi connectivity index (χ2v) is 7.24. The molecule has 0 bridgehead atoms. The Bertz CT molecular complexity index is 527. The third kappa shape index (κ3) is 3.04. The molecule has 1 amide bonds. The van der Waals surface area contributed by atoms with Crippen molar-refractivity contribution in [3.8, 4) is 0 Å². The fourth-order valence-electron chi connectivity index (χ4n) is 2.73. The first-order valence-electron chi connectivity index (χ1n) is 6.75. The molecule has 0 spiro atoms. The van der Waals surface area contributed by atoms with Gasteiger partial charge >= 0.3 is 7.60 Å². The van der Waals surface area contributed by atoms with E-state index in [9.17, 15) is 14.5 Å². The summed E-state index contributed by atoms with van der Waals surface area (Å²) in [6.07, 6.45) is 0.659.